The van der Waals surface area contributed by atoms with Crippen LogP contribution in [0.1, 0.15) is 12.2 Å². The van der Waals surface area contributed by atoms with Gasteiger partial charge in [0.25, 0.3) is 0 Å². The molecule has 0 saturated carbocycles. The van der Waals surface area contributed by atoms with E-state index in [-0.39, 0.29) is 18.3 Å². The molecule has 1 N–H and O–H groups in total. The van der Waals surface area contributed by atoms with E-state index in [2.05, 4.69) is 0 Å². The summed E-state index contributed by atoms with van der Waals surface area (Å²) in [6, 6.07) is 4.46. The number of hydrogen-bond donors (Lipinski definition) is 1. The lowest BCUT2D eigenvalue weighted by atomic mass is 10.1. The average molecular weight is 278 g/mol. The zero-order valence-electron chi connectivity index (χ0n) is 11.1. The molecule has 2 aromatic rings. The molecule has 20 heavy (non-hydrogen) atoms. The van der Waals surface area contributed by atoms with Crippen LogP contribution in [-0.2, 0) is 11.2 Å². The van der Waals surface area contributed by atoms with Gasteiger partial charge < -0.3 is 19.0 Å². The van der Waals surface area contributed by atoms with E-state index in [4.69, 9.17) is 19.0 Å². The van der Waals surface area contributed by atoms with Gasteiger partial charge in [0.1, 0.15) is 28.2 Å². The van der Waals surface area contributed by atoms with Gasteiger partial charge in [-0.3, -0.25) is 9.59 Å². The lowest BCUT2D eigenvalue weighted by Gasteiger charge is -2.08. The average Bonchev–Trinajstić information content (AvgIpc) is 2.43. The summed E-state index contributed by atoms with van der Waals surface area (Å²) in [4.78, 5) is 22.7. The largest absolute Gasteiger partial charge is 0.496 e. The van der Waals surface area contributed by atoms with Gasteiger partial charge in [0.05, 0.1) is 20.6 Å². The molecule has 0 fully saturated rings. The highest BCUT2D eigenvalue weighted by atomic mass is 16.5. The molecule has 0 saturated heterocycles. The number of aliphatic carboxylic acids is 1. The minimum atomic E-state index is -0.948. The molecule has 0 aliphatic carbocycles. The number of fused-ring (bicyclic) bond motifs is 1. The molecule has 106 valence electrons. The van der Waals surface area contributed by atoms with Crippen molar-refractivity contribution in [2.45, 2.75) is 12.8 Å². The Bertz CT molecular complexity index is 701. The van der Waals surface area contributed by atoms with E-state index in [1.165, 1.54) is 20.3 Å². The SMILES string of the molecule is COc1cc(OC)c2c(=O)cc(CCC(=O)O)oc2c1. The van der Waals surface area contributed by atoms with Crippen molar-refractivity contribution in [1.82, 2.24) is 0 Å². The zero-order valence-corrected chi connectivity index (χ0v) is 11.1. The van der Waals surface area contributed by atoms with E-state index in [0.717, 1.165) is 0 Å². The lowest BCUT2D eigenvalue weighted by molar-refractivity contribution is -0.137. The second-order valence-electron chi connectivity index (χ2n) is 4.17. The molecule has 0 bridgehead atoms. The fourth-order valence-electron chi connectivity index (χ4n) is 1.91. The summed E-state index contributed by atoms with van der Waals surface area (Å²) in [6.45, 7) is 0. The molecule has 6 heteroatoms. The van der Waals surface area contributed by atoms with Gasteiger partial charge in [-0.1, -0.05) is 0 Å². The van der Waals surface area contributed by atoms with Crippen LogP contribution >= 0.6 is 0 Å². The first kappa shape index (κ1) is 13.9. The Labute approximate surface area is 114 Å². The third-order valence-electron chi connectivity index (χ3n) is 2.86. The lowest BCUT2D eigenvalue weighted by Crippen LogP contribution is -2.06. The van der Waals surface area contributed by atoms with Crippen molar-refractivity contribution in [2.24, 2.45) is 0 Å². The van der Waals surface area contributed by atoms with Crippen LogP contribution in [0, 0.1) is 0 Å². The summed E-state index contributed by atoms with van der Waals surface area (Å²) in [5.41, 5.74) is 0.0419. The molecule has 2 rings (SSSR count). The van der Waals surface area contributed by atoms with Crippen molar-refractivity contribution in [3.63, 3.8) is 0 Å². The van der Waals surface area contributed by atoms with Crippen molar-refractivity contribution < 1.29 is 23.8 Å². The van der Waals surface area contributed by atoms with Crippen LogP contribution in [0.3, 0.4) is 0 Å². The predicted molar refractivity (Wildman–Crippen MR) is 71.5 cm³/mol. The Hall–Kier alpha value is -2.50. The van der Waals surface area contributed by atoms with Crippen LogP contribution in [0.15, 0.2) is 27.4 Å². The number of methoxy groups -OCH3 is 2. The van der Waals surface area contributed by atoms with Crippen LogP contribution in [0.4, 0.5) is 0 Å². The normalized spacial score (nSPS) is 10.5. The van der Waals surface area contributed by atoms with E-state index < -0.39 is 5.97 Å². The van der Waals surface area contributed by atoms with Gasteiger partial charge in [-0.05, 0) is 0 Å². The van der Waals surface area contributed by atoms with Gasteiger partial charge in [-0.15, -0.1) is 0 Å². The maximum atomic E-state index is 12.1. The molecule has 0 aliphatic rings. The fourth-order valence-corrected chi connectivity index (χ4v) is 1.91. The number of aryl methyl sites for hydroxylation is 1. The summed E-state index contributed by atoms with van der Waals surface area (Å²) in [5, 5.41) is 8.97. The van der Waals surface area contributed by atoms with E-state index in [1.54, 1.807) is 12.1 Å². The quantitative estimate of drug-likeness (QED) is 0.898. The Morgan fingerprint density at radius 1 is 1.25 bits per heavy atom. The number of ether oxygens (including phenoxy) is 2. The monoisotopic (exact) mass is 278 g/mol. The molecular formula is C14H14O6. The van der Waals surface area contributed by atoms with Gasteiger partial charge in [0.2, 0.25) is 0 Å². The molecule has 0 atom stereocenters. The first-order valence-electron chi connectivity index (χ1n) is 5.95. The van der Waals surface area contributed by atoms with E-state index in [1.807, 2.05) is 0 Å². The van der Waals surface area contributed by atoms with Crippen LogP contribution in [0.25, 0.3) is 11.0 Å². The minimum Gasteiger partial charge on any atom is -0.496 e. The summed E-state index contributed by atoms with van der Waals surface area (Å²) >= 11 is 0. The highest BCUT2D eigenvalue weighted by Gasteiger charge is 2.13. The maximum Gasteiger partial charge on any atom is 0.303 e. The Morgan fingerprint density at radius 3 is 2.60 bits per heavy atom. The third kappa shape index (κ3) is 2.74. The molecular weight excluding hydrogens is 264 g/mol. The van der Waals surface area contributed by atoms with E-state index >= 15 is 0 Å². The number of carboxylic acid groups (broad SMARTS) is 1. The standard InChI is InChI=1S/C14H14O6/c1-18-9-6-11(19-2)14-10(15)5-8(3-4-13(16)17)20-12(14)7-9/h5-7H,3-4H2,1-2H3,(H,16,17). The highest BCUT2D eigenvalue weighted by Crippen LogP contribution is 2.29. The molecule has 1 heterocycles. The van der Waals surface area contributed by atoms with Crippen molar-refractivity contribution in [3.8, 4) is 11.5 Å². The van der Waals surface area contributed by atoms with Crippen molar-refractivity contribution >= 4 is 16.9 Å². The number of carboxylic acids is 1. The van der Waals surface area contributed by atoms with Crippen LogP contribution in [-0.4, -0.2) is 25.3 Å². The maximum absolute atomic E-state index is 12.1. The van der Waals surface area contributed by atoms with Crippen LogP contribution in [0.5, 0.6) is 11.5 Å². The van der Waals surface area contributed by atoms with E-state index in [9.17, 15) is 9.59 Å². The van der Waals surface area contributed by atoms with Crippen molar-refractivity contribution in [1.29, 1.82) is 0 Å². The summed E-state index contributed by atoms with van der Waals surface area (Å²) < 4.78 is 15.8. The summed E-state index contributed by atoms with van der Waals surface area (Å²) in [7, 11) is 2.94. The van der Waals surface area contributed by atoms with Crippen LogP contribution in [0.2, 0.25) is 0 Å². The number of carbonyl (C=O) groups is 1. The van der Waals surface area contributed by atoms with Gasteiger partial charge in [-0.25, -0.2) is 0 Å². The smallest absolute Gasteiger partial charge is 0.303 e. The van der Waals surface area contributed by atoms with Crippen LogP contribution < -0.4 is 14.9 Å². The van der Waals surface area contributed by atoms with Crippen molar-refractivity contribution in [3.05, 3.63) is 34.2 Å². The predicted octanol–water partition coefficient (Wildman–Crippen LogP) is 1.83. The number of hydrogen-bond acceptors (Lipinski definition) is 5. The first-order chi connectivity index (χ1) is 9.55. The molecule has 1 aromatic carbocycles. The summed E-state index contributed by atoms with van der Waals surface area (Å²) in [5.74, 6) is 0.224. The molecule has 0 radical (unpaired) electrons. The summed E-state index contributed by atoms with van der Waals surface area (Å²) in [6.07, 6.45) is 0.0512. The minimum absolute atomic E-state index is 0.102. The van der Waals surface area contributed by atoms with Gasteiger partial charge in [0, 0.05) is 24.6 Å². The number of rotatable bonds is 5. The van der Waals surface area contributed by atoms with Gasteiger partial charge in [0.15, 0.2) is 5.43 Å². The molecule has 0 aliphatic heterocycles. The Kier molecular flexibility index (Phi) is 3.93. The van der Waals surface area contributed by atoms with Gasteiger partial charge >= 0.3 is 5.97 Å². The third-order valence-corrected chi connectivity index (χ3v) is 2.86. The Balaban J connectivity index is 2.57. The molecule has 0 spiro atoms. The molecule has 1 aromatic heterocycles. The number of benzene rings is 1. The first-order valence-corrected chi connectivity index (χ1v) is 5.95. The molecule has 0 unspecified atom stereocenters. The molecule has 0 amide bonds. The van der Waals surface area contributed by atoms with Gasteiger partial charge in [-0.2, -0.15) is 0 Å². The van der Waals surface area contributed by atoms with E-state index in [0.29, 0.717) is 28.2 Å². The second kappa shape index (κ2) is 5.64. The zero-order chi connectivity index (χ0) is 14.7. The topological polar surface area (TPSA) is 86.0 Å². The fraction of sp³-hybridized carbons (Fsp3) is 0.286. The second-order valence-corrected chi connectivity index (χ2v) is 4.17. The highest BCUT2D eigenvalue weighted by molar-refractivity contribution is 5.85. The van der Waals surface area contributed by atoms with Crippen molar-refractivity contribution in [2.75, 3.05) is 14.2 Å². The molecule has 6 nitrogen and oxygen atoms in total. The Morgan fingerprint density at radius 2 is 2.00 bits per heavy atom.